The first-order valence-electron chi connectivity index (χ1n) is 7.05. The molecule has 0 aliphatic rings. The van der Waals surface area contributed by atoms with E-state index < -0.39 is 4.92 Å². The number of hydrogen-bond acceptors (Lipinski definition) is 5. The van der Waals surface area contributed by atoms with Gasteiger partial charge in [0.25, 0.3) is 5.69 Å². The molecule has 0 aliphatic heterocycles. The van der Waals surface area contributed by atoms with Crippen molar-refractivity contribution >= 4 is 28.1 Å². The summed E-state index contributed by atoms with van der Waals surface area (Å²) in [5, 5.41) is 31.0. The number of fused-ring (bicyclic) bond motifs is 1. The number of nitrogens with zero attached hydrogens (tertiary/aromatic N) is 3. The van der Waals surface area contributed by atoms with Crippen LogP contribution in [0.25, 0.3) is 22.4 Å². The number of imidazole rings is 1. The van der Waals surface area contributed by atoms with Gasteiger partial charge in [-0.2, -0.15) is 5.26 Å². The number of hydrogen-bond donors (Lipinski definition) is 2. The zero-order valence-electron chi connectivity index (χ0n) is 12.6. The SMILES string of the molecule is Cc1c(C(O)=C(C#N)c2nc3ccccc3[nH]2)cccc1[N+](=O)[O-]. The van der Waals surface area contributed by atoms with Gasteiger partial charge in [0.1, 0.15) is 17.4 Å². The van der Waals surface area contributed by atoms with Crippen LogP contribution in [0.2, 0.25) is 0 Å². The Morgan fingerprint density at radius 2 is 2.04 bits per heavy atom. The highest BCUT2D eigenvalue weighted by molar-refractivity contribution is 5.95. The van der Waals surface area contributed by atoms with Gasteiger partial charge in [-0.3, -0.25) is 10.1 Å². The van der Waals surface area contributed by atoms with Crippen LogP contribution in [-0.2, 0) is 0 Å². The number of benzene rings is 2. The Hall–Kier alpha value is -3.66. The molecular formula is C17H12N4O3. The van der Waals surface area contributed by atoms with Crippen LogP contribution in [0.3, 0.4) is 0 Å². The highest BCUT2D eigenvalue weighted by Gasteiger charge is 2.20. The van der Waals surface area contributed by atoms with Gasteiger partial charge in [-0.05, 0) is 19.1 Å². The Morgan fingerprint density at radius 3 is 2.71 bits per heavy atom. The van der Waals surface area contributed by atoms with Crippen LogP contribution in [0.4, 0.5) is 5.69 Å². The lowest BCUT2D eigenvalue weighted by atomic mass is 10.0. The Kier molecular flexibility index (Phi) is 3.72. The largest absolute Gasteiger partial charge is 0.506 e. The van der Waals surface area contributed by atoms with Crippen molar-refractivity contribution in [3.63, 3.8) is 0 Å². The number of aromatic nitrogens is 2. The molecule has 7 nitrogen and oxygen atoms in total. The smallest absolute Gasteiger partial charge is 0.273 e. The molecule has 2 N–H and O–H groups in total. The normalized spacial score (nSPS) is 11.8. The van der Waals surface area contributed by atoms with Gasteiger partial charge in [-0.15, -0.1) is 0 Å². The second-order valence-corrected chi connectivity index (χ2v) is 5.14. The molecule has 0 saturated heterocycles. The van der Waals surface area contributed by atoms with E-state index in [9.17, 15) is 20.5 Å². The number of aromatic amines is 1. The van der Waals surface area contributed by atoms with E-state index in [4.69, 9.17) is 0 Å². The van der Waals surface area contributed by atoms with Crippen LogP contribution in [0.5, 0.6) is 0 Å². The number of nitro groups is 1. The molecule has 0 unspecified atom stereocenters. The average Bonchev–Trinajstić information content (AvgIpc) is 2.98. The molecule has 0 aliphatic carbocycles. The summed E-state index contributed by atoms with van der Waals surface area (Å²) in [5.41, 5.74) is 1.69. The fraction of sp³-hybridized carbons (Fsp3) is 0.0588. The summed E-state index contributed by atoms with van der Waals surface area (Å²) < 4.78 is 0. The van der Waals surface area contributed by atoms with E-state index in [1.807, 2.05) is 18.2 Å². The predicted molar refractivity (Wildman–Crippen MR) is 89.0 cm³/mol. The zero-order chi connectivity index (χ0) is 17.3. The number of aliphatic hydroxyl groups excluding tert-OH is 1. The van der Waals surface area contributed by atoms with Crippen LogP contribution >= 0.6 is 0 Å². The number of allylic oxidation sites excluding steroid dienone is 1. The maximum Gasteiger partial charge on any atom is 0.273 e. The van der Waals surface area contributed by atoms with E-state index in [0.717, 1.165) is 5.52 Å². The molecule has 0 saturated carbocycles. The van der Waals surface area contributed by atoms with Crippen LogP contribution < -0.4 is 0 Å². The Bertz CT molecular complexity index is 995. The van der Waals surface area contributed by atoms with Crippen molar-refractivity contribution in [2.24, 2.45) is 0 Å². The minimum Gasteiger partial charge on any atom is -0.506 e. The molecular weight excluding hydrogens is 308 g/mol. The van der Waals surface area contributed by atoms with Crippen molar-refractivity contribution in [2.75, 3.05) is 0 Å². The van der Waals surface area contributed by atoms with Gasteiger partial charge in [0.05, 0.1) is 16.0 Å². The van der Waals surface area contributed by atoms with Gasteiger partial charge in [0.2, 0.25) is 0 Å². The lowest BCUT2D eigenvalue weighted by Crippen LogP contribution is -1.98. The minimum atomic E-state index is -0.528. The van der Waals surface area contributed by atoms with Gasteiger partial charge in [-0.25, -0.2) is 4.98 Å². The molecule has 2 aromatic carbocycles. The Balaban J connectivity index is 2.20. The number of nitriles is 1. The third kappa shape index (κ3) is 2.46. The second-order valence-electron chi connectivity index (χ2n) is 5.14. The lowest BCUT2D eigenvalue weighted by Gasteiger charge is -2.07. The van der Waals surface area contributed by atoms with Gasteiger partial charge in [0, 0.05) is 17.2 Å². The summed E-state index contributed by atoms with van der Waals surface area (Å²) in [7, 11) is 0. The standard InChI is InChI=1S/C17H12N4O3/c1-10-11(5-4-8-15(10)21(23)24)16(22)12(9-18)17-19-13-6-2-3-7-14(13)20-17/h2-8,22H,1H3,(H,19,20). The van der Waals surface area contributed by atoms with Gasteiger partial charge in [-0.1, -0.05) is 24.3 Å². The number of H-pyrrole nitrogens is 1. The molecule has 0 atom stereocenters. The first-order chi connectivity index (χ1) is 11.5. The summed E-state index contributed by atoms with van der Waals surface area (Å²) >= 11 is 0. The molecule has 1 heterocycles. The average molecular weight is 320 g/mol. The molecule has 0 bridgehead atoms. The summed E-state index contributed by atoms with van der Waals surface area (Å²) in [4.78, 5) is 17.8. The molecule has 3 rings (SSSR count). The van der Waals surface area contributed by atoms with Gasteiger partial charge in [0.15, 0.2) is 5.82 Å². The van der Waals surface area contributed by atoms with Crippen molar-refractivity contribution in [3.8, 4) is 6.07 Å². The van der Waals surface area contributed by atoms with Crippen LogP contribution in [0.15, 0.2) is 42.5 Å². The summed E-state index contributed by atoms with van der Waals surface area (Å²) in [6, 6.07) is 13.5. The summed E-state index contributed by atoms with van der Waals surface area (Å²) in [6.45, 7) is 1.53. The molecule has 0 radical (unpaired) electrons. The van der Waals surface area contributed by atoms with Crippen LogP contribution in [0, 0.1) is 28.4 Å². The second kappa shape index (κ2) is 5.85. The number of aliphatic hydroxyl groups is 1. The van der Waals surface area contributed by atoms with E-state index in [2.05, 4.69) is 9.97 Å². The number of rotatable bonds is 3. The molecule has 0 spiro atoms. The fourth-order valence-electron chi connectivity index (χ4n) is 2.50. The highest BCUT2D eigenvalue weighted by Crippen LogP contribution is 2.30. The van der Waals surface area contributed by atoms with Gasteiger partial charge < -0.3 is 10.1 Å². The van der Waals surface area contributed by atoms with Crippen molar-refractivity contribution in [3.05, 3.63) is 69.5 Å². The van der Waals surface area contributed by atoms with E-state index in [1.54, 1.807) is 12.1 Å². The summed E-state index contributed by atoms with van der Waals surface area (Å²) in [6.07, 6.45) is 0. The summed E-state index contributed by atoms with van der Waals surface area (Å²) in [5.74, 6) is -0.139. The van der Waals surface area contributed by atoms with Crippen LogP contribution in [-0.4, -0.2) is 20.0 Å². The molecule has 0 fully saturated rings. The molecule has 0 amide bonds. The monoisotopic (exact) mass is 320 g/mol. The third-order valence-corrected chi connectivity index (χ3v) is 3.73. The van der Waals surface area contributed by atoms with Gasteiger partial charge >= 0.3 is 0 Å². The topological polar surface area (TPSA) is 116 Å². The highest BCUT2D eigenvalue weighted by atomic mass is 16.6. The van der Waals surface area contributed by atoms with Crippen molar-refractivity contribution in [2.45, 2.75) is 6.92 Å². The lowest BCUT2D eigenvalue weighted by molar-refractivity contribution is -0.385. The van der Waals surface area contributed by atoms with Crippen molar-refractivity contribution in [1.82, 2.24) is 9.97 Å². The first kappa shape index (κ1) is 15.2. The quantitative estimate of drug-likeness (QED) is 0.330. The fourth-order valence-corrected chi connectivity index (χ4v) is 2.50. The van der Waals surface area contributed by atoms with Crippen LogP contribution in [0.1, 0.15) is 17.0 Å². The number of para-hydroxylation sites is 2. The molecule has 118 valence electrons. The maximum absolute atomic E-state index is 11.0. The molecule has 24 heavy (non-hydrogen) atoms. The van der Waals surface area contributed by atoms with Crippen molar-refractivity contribution in [1.29, 1.82) is 5.26 Å². The Morgan fingerprint density at radius 1 is 1.29 bits per heavy atom. The van der Waals surface area contributed by atoms with E-state index in [-0.39, 0.29) is 34.0 Å². The molecule has 1 aromatic heterocycles. The predicted octanol–water partition coefficient (Wildman–Crippen LogP) is 3.73. The van der Waals surface area contributed by atoms with E-state index in [0.29, 0.717) is 5.52 Å². The number of nitrogens with one attached hydrogen (secondary N) is 1. The minimum absolute atomic E-state index is 0.0743. The zero-order valence-corrected chi connectivity index (χ0v) is 12.6. The van der Waals surface area contributed by atoms with E-state index in [1.165, 1.54) is 25.1 Å². The molecule has 3 aromatic rings. The number of nitro benzene ring substituents is 1. The third-order valence-electron chi connectivity index (χ3n) is 3.73. The maximum atomic E-state index is 11.0. The Labute approximate surface area is 136 Å². The van der Waals surface area contributed by atoms with Crippen molar-refractivity contribution < 1.29 is 10.0 Å². The molecule has 7 heteroatoms. The first-order valence-corrected chi connectivity index (χ1v) is 7.05. The van der Waals surface area contributed by atoms with E-state index >= 15 is 0 Å².